The molecule has 0 radical (unpaired) electrons. The van der Waals surface area contributed by atoms with Crippen LogP contribution in [0.1, 0.15) is 18.1 Å². The third-order valence-electron chi connectivity index (χ3n) is 2.36. The molecule has 0 aliphatic rings. The van der Waals surface area contributed by atoms with Gasteiger partial charge in [-0.1, -0.05) is 42.0 Å². The van der Waals surface area contributed by atoms with E-state index in [0.29, 0.717) is 0 Å². The molecule has 0 fully saturated rings. The Labute approximate surface area is 85.8 Å². The van der Waals surface area contributed by atoms with Gasteiger partial charge in [-0.25, -0.2) is 0 Å². The van der Waals surface area contributed by atoms with E-state index in [4.69, 9.17) is 5.84 Å². The molecule has 1 unspecified atom stereocenters. The van der Waals surface area contributed by atoms with Gasteiger partial charge in [0, 0.05) is 6.04 Å². The number of hydrazine groups is 1. The topological polar surface area (TPSA) is 38.0 Å². The summed E-state index contributed by atoms with van der Waals surface area (Å²) in [5.41, 5.74) is 6.39. The van der Waals surface area contributed by atoms with Gasteiger partial charge in [0.15, 0.2) is 0 Å². The summed E-state index contributed by atoms with van der Waals surface area (Å²) in [6.07, 6.45) is 0.895. The summed E-state index contributed by atoms with van der Waals surface area (Å²) in [6, 6.07) is 8.64. The lowest BCUT2D eigenvalue weighted by atomic mass is 10.0. The van der Waals surface area contributed by atoms with Crippen LogP contribution in [0.15, 0.2) is 36.4 Å². The molecule has 1 rings (SSSR count). The highest BCUT2D eigenvalue weighted by molar-refractivity contribution is 5.23. The summed E-state index contributed by atoms with van der Waals surface area (Å²) in [5.74, 6) is 5.44. The minimum Gasteiger partial charge on any atom is -0.271 e. The van der Waals surface area contributed by atoms with E-state index in [-0.39, 0.29) is 6.04 Å². The van der Waals surface area contributed by atoms with Crippen molar-refractivity contribution in [1.82, 2.24) is 5.43 Å². The quantitative estimate of drug-likeness (QED) is 0.432. The molecular formula is C12H18N2. The van der Waals surface area contributed by atoms with E-state index < -0.39 is 0 Å². The Hall–Kier alpha value is -1.12. The molecule has 1 aromatic carbocycles. The van der Waals surface area contributed by atoms with E-state index >= 15 is 0 Å². The largest absolute Gasteiger partial charge is 0.271 e. The average Bonchev–Trinajstić information content (AvgIpc) is 2.16. The summed E-state index contributed by atoms with van der Waals surface area (Å²) in [7, 11) is 0. The summed E-state index contributed by atoms with van der Waals surface area (Å²) in [4.78, 5) is 0. The maximum atomic E-state index is 5.44. The van der Waals surface area contributed by atoms with E-state index in [9.17, 15) is 0 Å². The standard InChI is InChI=1S/C12H18N2/c1-9(2)12(14-13)8-11-6-4-10(3)5-7-11/h4-7,12,14H,1,8,13H2,2-3H3. The van der Waals surface area contributed by atoms with Crippen molar-refractivity contribution in [3.8, 4) is 0 Å². The molecule has 0 saturated carbocycles. The Kier molecular flexibility index (Phi) is 3.86. The first-order chi connectivity index (χ1) is 6.63. The first-order valence-electron chi connectivity index (χ1n) is 4.80. The molecule has 0 aliphatic carbocycles. The Morgan fingerprint density at radius 3 is 2.43 bits per heavy atom. The molecule has 1 aromatic rings. The van der Waals surface area contributed by atoms with Gasteiger partial charge in [0.1, 0.15) is 0 Å². The fraction of sp³-hybridized carbons (Fsp3) is 0.333. The second-order valence-electron chi connectivity index (χ2n) is 3.76. The fourth-order valence-electron chi connectivity index (χ4n) is 1.34. The maximum Gasteiger partial charge on any atom is 0.0454 e. The van der Waals surface area contributed by atoms with Crippen molar-refractivity contribution in [3.05, 3.63) is 47.5 Å². The van der Waals surface area contributed by atoms with E-state index in [1.807, 2.05) is 6.92 Å². The molecule has 1 atom stereocenters. The molecule has 0 aliphatic heterocycles. The number of benzene rings is 1. The Morgan fingerprint density at radius 1 is 1.43 bits per heavy atom. The van der Waals surface area contributed by atoms with Crippen LogP contribution in [0.25, 0.3) is 0 Å². The number of aryl methyl sites for hydroxylation is 1. The van der Waals surface area contributed by atoms with Crippen LogP contribution in [0, 0.1) is 6.92 Å². The SMILES string of the molecule is C=C(C)C(Cc1ccc(C)cc1)NN. The Morgan fingerprint density at radius 2 is 2.00 bits per heavy atom. The molecule has 0 amide bonds. The molecule has 0 heterocycles. The van der Waals surface area contributed by atoms with Gasteiger partial charge in [-0.15, -0.1) is 0 Å². The third-order valence-corrected chi connectivity index (χ3v) is 2.36. The van der Waals surface area contributed by atoms with Crippen LogP contribution in [0.4, 0.5) is 0 Å². The van der Waals surface area contributed by atoms with E-state index in [2.05, 4.69) is 43.2 Å². The van der Waals surface area contributed by atoms with Crippen molar-refractivity contribution in [1.29, 1.82) is 0 Å². The molecular weight excluding hydrogens is 172 g/mol. The van der Waals surface area contributed by atoms with Gasteiger partial charge in [-0.2, -0.15) is 0 Å². The summed E-state index contributed by atoms with van der Waals surface area (Å²) < 4.78 is 0. The fourth-order valence-corrected chi connectivity index (χ4v) is 1.34. The highest BCUT2D eigenvalue weighted by Crippen LogP contribution is 2.09. The molecule has 2 heteroatoms. The zero-order chi connectivity index (χ0) is 10.6. The van der Waals surface area contributed by atoms with Crippen molar-refractivity contribution in [2.45, 2.75) is 26.3 Å². The lowest BCUT2D eigenvalue weighted by Gasteiger charge is -2.15. The van der Waals surface area contributed by atoms with Gasteiger partial charge in [0.05, 0.1) is 0 Å². The number of rotatable bonds is 4. The van der Waals surface area contributed by atoms with Crippen molar-refractivity contribution < 1.29 is 0 Å². The van der Waals surface area contributed by atoms with Crippen LogP contribution in [-0.2, 0) is 6.42 Å². The van der Waals surface area contributed by atoms with E-state index in [1.54, 1.807) is 0 Å². The second kappa shape index (κ2) is 4.94. The van der Waals surface area contributed by atoms with Gasteiger partial charge in [-0.3, -0.25) is 11.3 Å². The highest BCUT2D eigenvalue weighted by atomic mass is 15.2. The predicted octanol–water partition coefficient (Wildman–Crippen LogP) is 1.95. The molecule has 14 heavy (non-hydrogen) atoms. The van der Waals surface area contributed by atoms with Crippen LogP contribution in [0.3, 0.4) is 0 Å². The van der Waals surface area contributed by atoms with Crippen LogP contribution in [-0.4, -0.2) is 6.04 Å². The van der Waals surface area contributed by atoms with E-state index in [0.717, 1.165) is 12.0 Å². The van der Waals surface area contributed by atoms with Crippen LogP contribution in [0.2, 0.25) is 0 Å². The molecule has 0 aromatic heterocycles. The third kappa shape index (κ3) is 2.98. The zero-order valence-electron chi connectivity index (χ0n) is 8.88. The molecule has 0 spiro atoms. The van der Waals surface area contributed by atoms with Gasteiger partial charge in [0.25, 0.3) is 0 Å². The van der Waals surface area contributed by atoms with Gasteiger partial charge >= 0.3 is 0 Å². The first-order valence-corrected chi connectivity index (χ1v) is 4.80. The lowest BCUT2D eigenvalue weighted by molar-refractivity contribution is 0.591. The Balaban J connectivity index is 2.67. The van der Waals surface area contributed by atoms with Crippen molar-refractivity contribution in [2.24, 2.45) is 5.84 Å². The van der Waals surface area contributed by atoms with Gasteiger partial charge < -0.3 is 0 Å². The molecule has 0 saturated heterocycles. The molecule has 2 nitrogen and oxygen atoms in total. The van der Waals surface area contributed by atoms with Gasteiger partial charge in [0.2, 0.25) is 0 Å². The van der Waals surface area contributed by atoms with Crippen LogP contribution >= 0.6 is 0 Å². The molecule has 0 bridgehead atoms. The summed E-state index contributed by atoms with van der Waals surface area (Å²) in [6.45, 7) is 7.97. The van der Waals surface area contributed by atoms with Crippen molar-refractivity contribution in [3.63, 3.8) is 0 Å². The predicted molar refractivity (Wildman–Crippen MR) is 60.8 cm³/mol. The Bertz CT molecular complexity index is 301. The second-order valence-corrected chi connectivity index (χ2v) is 3.76. The molecule has 3 N–H and O–H groups in total. The normalized spacial score (nSPS) is 12.5. The van der Waals surface area contributed by atoms with Crippen molar-refractivity contribution >= 4 is 0 Å². The minimum absolute atomic E-state index is 0.165. The summed E-state index contributed by atoms with van der Waals surface area (Å²) >= 11 is 0. The maximum absolute atomic E-state index is 5.44. The monoisotopic (exact) mass is 190 g/mol. The number of nitrogens with two attached hydrogens (primary N) is 1. The van der Waals surface area contributed by atoms with Crippen LogP contribution < -0.4 is 11.3 Å². The smallest absolute Gasteiger partial charge is 0.0454 e. The van der Waals surface area contributed by atoms with E-state index in [1.165, 1.54) is 11.1 Å². The minimum atomic E-state index is 0.165. The lowest BCUT2D eigenvalue weighted by Crippen LogP contribution is -2.37. The van der Waals surface area contributed by atoms with Crippen molar-refractivity contribution in [2.75, 3.05) is 0 Å². The molecule has 76 valence electrons. The average molecular weight is 190 g/mol. The summed E-state index contributed by atoms with van der Waals surface area (Å²) in [5, 5.41) is 0. The van der Waals surface area contributed by atoms with Gasteiger partial charge in [-0.05, 0) is 25.8 Å². The highest BCUT2D eigenvalue weighted by Gasteiger charge is 2.07. The first kappa shape index (κ1) is 11.0. The number of hydrogen-bond acceptors (Lipinski definition) is 2. The zero-order valence-corrected chi connectivity index (χ0v) is 8.88. The van der Waals surface area contributed by atoms with Crippen LogP contribution in [0.5, 0.6) is 0 Å². The number of hydrogen-bond donors (Lipinski definition) is 2. The number of nitrogens with one attached hydrogen (secondary N) is 1.